The topological polar surface area (TPSA) is 64.5 Å². The normalized spacial score (nSPS) is 11.6. The van der Waals surface area contributed by atoms with E-state index in [4.69, 9.17) is 24.9 Å². The molecular formula is C41H31N5. The molecule has 0 N–H and O–H groups in total. The van der Waals surface area contributed by atoms with Crippen molar-refractivity contribution in [3.8, 4) is 45.0 Å². The van der Waals surface area contributed by atoms with E-state index in [1.807, 2.05) is 43.5 Å². The summed E-state index contributed by atoms with van der Waals surface area (Å²) < 4.78 is 0. The number of nitrogens with zero attached hydrogens (tertiary/aromatic N) is 5. The molecular weight excluding hydrogens is 562 g/mol. The zero-order valence-electron chi connectivity index (χ0n) is 25.9. The van der Waals surface area contributed by atoms with Gasteiger partial charge >= 0.3 is 0 Å². The van der Waals surface area contributed by atoms with Gasteiger partial charge in [0, 0.05) is 56.0 Å². The van der Waals surface area contributed by atoms with E-state index >= 15 is 0 Å². The second-order valence-electron chi connectivity index (χ2n) is 12.0. The van der Waals surface area contributed by atoms with Gasteiger partial charge in [-0.2, -0.15) is 0 Å². The molecule has 0 saturated heterocycles. The number of benzene rings is 4. The molecule has 0 bridgehead atoms. The molecule has 0 aliphatic heterocycles. The summed E-state index contributed by atoms with van der Waals surface area (Å²) in [5, 5.41) is 3.17. The lowest BCUT2D eigenvalue weighted by Gasteiger charge is -2.15. The smallest absolute Gasteiger partial charge is 0.161 e. The molecule has 5 heteroatoms. The van der Waals surface area contributed by atoms with Crippen LogP contribution in [0.1, 0.15) is 31.2 Å². The first-order chi connectivity index (χ1) is 22.5. The molecule has 0 radical (unpaired) electrons. The highest BCUT2D eigenvalue weighted by Crippen LogP contribution is 2.36. The molecule has 0 aliphatic rings. The SMILES string of the molecule is Cc1ccc2ccc3c(-c4nc(-c5ccccc5)cc(-c5cccc(-c6cccc7cccnc67)c5)n4)cc(C(C)C)nc3c2n1. The second kappa shape index (κ2) is 11.3. The van der Waals surface area contributed by atoms with Crippen molar-refractivity contribution in [3.05, 3.63) is 139 Å². The van der Waals surface area contributed by atoms with Gasteiger partial charge < -0.3 is 0 Å². The maximum atomic E-state index is 5.27. The van der Waals surface area contributed by atoms with Gasteiger partial charge in [-0.25, -0.2) is 9.97 Å². The number of aromatic nitrogens is 5. The molecule has 4 heterocycles. The fourth-order valence-corrected chi connectivity index (χ4v) is 6.13. The highest BCUT2D eigenvalue weighted by Gasteiger charge is 2.18. The summed E-state index contributed by atoms with van der Waals surface area (Å²) in [6.07, 6.45) is 1.85. The fourth-order valence-electron chi connectivity index (χ4n) is 6.13. The van der Waals surface area contributed by atoms with Gasteiger partial charge in [-0.05, 0) is 48.7 Å². The van der Waals surface area contributed by atoms with Crippen molar-refractivity contribution in [3.63, 3.8) is 0 Å². The van der Waals surface area contributed by atoms with Gasteiger partial charge in [0.15, 0.2) is 5.82 Å². The average molecular weight is 594 g/mol. The van der Waals surface area contributed by atoms with E-state index in [1.54, 1.807) is 0 Å². The Morgan fingerprint density at radius 2 is 1.22 bits per heavy atom. The van der Waals surface area contributed by atoms with Crippen molar-refractivity contribution in [1.29, 1.82) is 0 Å². The Hall–Kier alpha value is -5.81. The summed E-state index contributed by atoms with van der Waals surface area (Å²) in [4.78, 5) is 25.2. The van der Waals surface area contributed by atoms with E-state index in [1.165, 1.54) is 0 Å². The summed E-state index contributed by atoms with van der Waals surface area (Å²) in [6, 6.07) is 41.9. The van der Waals surface area contributed by atoms with Gasteiger partial charge in [-0.3, -0.25) is 15.0 Å². The maximum Gasteiger partial charge on any atom is 0.161 e. The van der Waals surface area contributed by atoms with Crippen molar-refractivity contribution < 1.29 is 0 Å². The van der Waals surface area contributed by atoms with Crippen LogP contribution in [-0.4, -0.2) is 24.9 Å². The number of para-hydroxylation sites is 1. The summed E-state index contributed by atoms with van der Waals surface area (Å²) in [7, 11) is 0. The zero-order chi connectivity index (χ0) is 31.2. The predicted octanol–water partition coefficient (Wildman–Crippen LogP) is 10.2. The summed E-state index contributed by atoms with van der Waals surface area (Å²) in [5.41, 5.74) is 11.6. The molecule has 8 rings (SSSR count). The molecule has 0 amide bonds. The molecule has 4 aromatic carbocycles. The maximum absolute atomic E-state index is 5.27. The Morgan fingerprint density at radius 1 is 0.500 bits per heavy atom. The third-order valence-electron chi connectivity index (χ3n) is 8.53. The van der Waals surface area contributed by atoms with Crippen LogP contribution in [0.2, 0.25) is 0 Å². The molecule has 0 saturated carbocycles. The zero-order valence-corrected chi connectivity index (χ0v) is 25.9. The first-order valence-corrected chi connectivity index (χ1v) is 15.6. The van der Waals surface area contributed by atoms with Crippen LogP contribution in [-0.2, 0) is 0 Å². The van der Waals surface area contributed by atoms with Gasteiger partial charge in [0.05, 0.1) is 27.9 Å². The molecule has 0 unspecified atom stereocenters. The Morgan fingerprint density at radius 3 is 2.07 bits per heavy atom. The van der Waals surface area contributed by atoms with Gasteiger partial charge in [0.25, 0.3) is 0 Å². The van der Waals surface area contributed by atoms with E-state index in [-0.39, 0.29) is 5.92 Å². The van der Waals surface area contributed by atoms with Crippen molar-refractivity contribution in [1.82, 2.24) is 24.9 Å². The minimum absolute atomic E-state index is 0.214. The molecule has 220 valence electrons. The largest absolute Gasteiger partial charge is 0.256 e. The highest BCUT2D eigenvalue weighted by atomic mass is 14.9. The quantitative estimate of drug-likeness (QED) is 0.186. The lowest BCUT2D eigenvalue weighted by atomic mass is 9.98. The molecule has 4 aromatic heterocycles. The molecule has 0 aliphatic carbocycles. The number of hydrogen-bond acceptors (Lipinski definition) is 5. The molecule has 0 fully saturated rings. The van der Waals surface area contributed by atoms with Crippen LogP contribution in [0, 0.1) is 6.92 Å². The van der Waals surface area contributed by atoms with Crippen molar-refractivity contribution in [2.24, 2.45) is 0 Å². The lowest BCUT2D eigenvalue weighted by molar-refractivity contribution is 0.830. The number of fused-ring (bicyclic) bond motifs is 4. The van der Waals surface area contributed by atoms with Crippen molar-refractivity contribution >= 4 is 32.7 Å². The Bertz CT molecular complexity index is 2410. The third-order valence-corrected chi connectivity index (χ3v) is 8.53. The van der Waals surface area contributed by atoms with E-state index in [0.29, 0.717) is 5.82 Å². The van der Waals surface area contributed by atoms with E-state index < -0.39 is 0 Å². The van der Waals surface area contributed by atoms with Crippen LogP contribution >= 0.6 is 0 Å². The average Bonchev–Trinajstić information content (AvgIpc) is 3.11. The van der Waals surface area contributed by atoms with Crippen LogP contribution in [0.3, 0.4) is 0 Å². The number of rotatable bonds is 5. The van der Waals surface area contributed by atoms with Crippen LogP contribution in [0.15, 0.2) is 128 Å². The van der Waals surface area contributed by atoms with Gasteiger partial charge in [-0.15, -0.1) is 0 Å². The van der Waals surface area contributed by atoms with E-state index in [0.717, 1.165) is 83.3 Å². The summed E-state index contributed by atoms with van der Waals surface area (Å²) in [5.74, 6) is 0.876. The molecule has 0 spiro atoms. The Kier molecular flexibility index (Phi) is 6.80. The minimum atomic E-state index is 0.214. The van der Waals surface area contributed by atoms with Gasteiger partial charge in [0.2, 0.25) is 0 Å². The van der Waals surface area contributed by atoms with Crippen LogP contribution < -0.4 is 0 Å². The fraction of sp³-hybridized carbons (Fsp3) is 0.0976. The summed E-state index contributed by atoms with van der Waals surface area (Å²) >= 11 is 0. The first kappa shape index (κ1) is 27.7. The predicted molar refractivity (Wildman–Crippen MR) is 189 cm³/mol. The van der Waals surface area contributed by atoms with Crippen molar-refractivity contribution in [2.45, 2.75) is 26.7 Å². The van der Waals surface area contributed by atoms with Crippen LogP contribution in [0.4, 0.5) is 0 Å². The first-order valence-electron chi connectivity index (χ1n) is 15.6. The van der Waals surface area contributed by atoms with Crippen LogP contribution in [0.25, 0.3) is 77.7 Å². The number of pyridine rings is 3. The molecule has 8 aromatic rings. The standard InChI is InChI=1S/C41H31N5/c1-25(2)35-23-34(33-20-19-29-18-17-26(3)43-39(29)40(33)44-35)41-45-36(27-10-5-4-6-11-27)24-37(46-41)31-14-7-13-30(22-31)32-16-8-12-28-15-9-21-42-38(28)32/h4-25H,1-3H3. The minimum Gasteiger partial charge on any atom is -0.256 e. The third kappa shape index (κ3) is 4.96. The second-order valence-corrected chi connectivity index (χ2v) is 12.0. The summed E-state index contributed by atoms with van der Waals surface area (Å²) in [6.45, 7) is 6.36. The van der Waals surface area contributed by atoms with Gasteiger partial charge in [-0.1, -0.05) is 105 Å². The molecule has 0 atom stereocenters. The van der Waals surface area contributed by atoms with Crippen LogP contribution in [0.5, 0.6) is 0 Å². The number of hydrogen-bond donors (Lipinski definition) is 0. The monoisotopic (exact) mass is 593 g/mol. The highest BCUT2D eigenvalue weighted by molar-refractivity contribution is 6.08. The van der Waals surface area contributed by atoms with Crippen molar-refractivity contribution in [2.75, 3.05) is 0 Å². The lowest BCUT2D eigenvalue weighted by Crippen LogP contribution is -2.01. The molecule has 5 nitrogen and oxygen atoms in total. The van der Waals surface area contributed by atoms with Gasteiger partial charge in [0.1, 0.15) is 0 Å². The Labute approximate surface area is 267 Å². The Balaban J connectivity index is 1.38. The molecule has 46 heavy (non-hydrogen) atoms. The number of aryl methyl sites for hydroxylation is 1. The van der Waals surface area contributed by atoms with E-state index in [9.17, 15) is 0 Å². The van der Waals surface area contributed by atoms with E-state index in [2.05, 4.69) is 105 Å².